The normalized spacial score (nSPS) is 13.1. The molecule has 0 bridgehead atoms. The number of hydrogen-bond acceptors (Lipinski definition) is 2. The van der Waals surface area contributed by atoms with E-state index in [-0.39, 0.29) is 18.4 Å². The van der Waals surface area contributed by atoms with Gasteiger partial charge in [-0.25, -0.2) is 0 Å². The molecule has 1 aromatic rings. The van der Waals surface area contributed by atoms with E-state index >= 15 is 0 Å². The van der Waals surface area contributed by atoms with Crippen molar-refractivity contribution < 1.29 is 18.0 Å². The van der Waals surface area contributed by atoms with Crippen molar-refractivity contribution in [2.45, 2.75) is 32.5 Å². The number of nitrogens with one attached hydrogen (secondary N) is 1. The Morgan fingerprint density at radius 1 is 1.30 bits per heavy atom. The maximum Gasteiger partial charge on any atom is 0.416 e. The average molecular weight is 288 g/mol. The number of benzene rings is 1. The van der Waals surface area contributed by atoms with E-state index in [1.807, 2.05) is 6.92 Å². The van der Waals surface area contributed by atoms with Gasteiger partial charge in [0.05, 0.1) is 5.56 Å². The Morgan fingerprint density at radius 3 is 2.40 bits per heavy atom. The first kappa shape index (κ1) is 16.5. The van der Waals surface area contributed by atoms with Gasteiger partial charge in [0, 0.05) is 13.0 Å². The Labute approximate surface area is 116 Å². The average Bonchev–Trinajstić information content (AvgIpc) is 2.41. The molecule has 0 fully saturated rings. The van der Waals surface area contributed by atoms with Crippen molar-refractivity contribution >= 4 is 5.91 Å². The Balaban J connectivity index is 2.40. The molecule has 1 aromatic carbocycles. The number of carbonyl (C=O) groups is 1. The van der Waals surface area contributed by atoms with E-state index in [1.165, 1.54) is 12.1 Å². The molecule has 0 aromatic heterocycles. The van der Waals surface area contributed by atoms with Crippen LogP contribution in [0.15, 0.2) is 24.3 Å². The smallest absolute Gasteiger partial charge is 0.352 e. The van der Waals surface area contributed by atoms with Gasteiger partial charge in [-0.15, -0.1) is 0 Å². The summed E-state index contributed by atoms with van der Waals surface area (Å²) in [6, 6.07) is 4.76. The van der Waals surface area contributed by atoms with Gasteiger partial charge in [-0.1, -0.05) is 19.1 Å². The molecule has 1 atom stereocenters. The largest absolute Gasteiger partial charge is 0.416 e. The van der Waals surface area contributed by atoms with Crippen LogP contribution in [0.25, 0.3) is 0 Å². The molecule has 3 nitrogen and oxygen atoms in total. The van der Waals surface area contributed by atoms with Crippen molar-refractivity contribution in [2.75, 3.05) is 6.54 Å². The van der Waals surface area contributed by atoms with Crippen LogP contribution in [0.1, 0.15) is 30.9 Å². The molecule has 1 rings (SSSR count). The molecule has 0 radical (unpaired) electrons. The lowest BCUT2D eigenvalue weighted by atomic mass is 10.1. The molecule has 0 spiro atoms. The molecule has 0 aliphatic carbocycles. The highest BCUT2D eigenvalue weighted by Crippen LogP contribution is 2.28. The summed E-state index contributed by atoms with van der Waals surface area (Å²) in [6.07, 6.45) is -3.26. The third-order valence-electron chi connectivity index (χ3n) is 3.04. The number of rotatable bonds is 6. The third-order valence-corrected chi connectivity index (χ3v) is 3.04. The summed E-state index contributed by atoms with van der Waals surface area (Å²) >= 11 is 0. The molecule has 0 aliphatic rings. The van der Waals surface area contributed by atoms with Crippen LogP contribution in [0, 0.1) is 5.92 Å². The Morgan fingerprint density at radius 2 is 1.90 bits per heavy atom. The summed E-state index contributed by atoms with van der Waals surface area (Å²) < 4.78 is 37.1. The zero-order chi connectivity index (χ0) is 15.2. The molecule has 0 aliphatic heterocycles. The molecule has 112 valence electrons. The van der Waals surface area contributed by atoms with E-state index in [4.69, 9.17) is 5.73 Å². The Kier molecular flexibility index (Phi) is 6.01. The van der Waals surface area contributed by atoms with Gasteiger partial charge in [0.25, 0.3) is 0 Å². The number of amides is 1. The van der Waals surface area contributed by atoms with Gasteiger partial charge in [-0.3, -0.25) is 4.79 Å². The van der Waals surface area contributed by atoms with Gasteiger partial charge in [0.15, 0.2) is 0 Å². The van der Waals surface area contributed by atoms with Crippen molar-refractivity contribution in [2.24, 2.45) is 11.7 Å². The zero-order valence-corrected chi connectivity index (χ0v) is 11.3. The topological polar surface area (TPSA) is 55.1 Å². The first-order valence-corrected chi connectivity index (χ1v) is 6.46. The fraction of sp³-hybridized carbons (Fsp3) is 0.500. The highest BCUT2D eigenvalue weighted by molar-refractivity contribution is 5.75. The summed E-state index contributed by atoms with van der Waals surface area (Å²) in [5, 5.41) is 2.68. The summed E-state index contributed by atoms with van der Waals surface area (Å²) in [6.45, 7) is 2.73. The van der Waals surface area contributed by atoms with Crippen LogP contribution in [0.3, 0.4) is 0 Å². The highest BCUT2D eigenvalue weighted by Gasteiger charge is 2.29. The second kappa shape index (κ2) is 7.28. The summed E-state index contributed by atoms with van der Waals surface area (Å²) in [4.78, 5) is 11.5. The van der Waals surface area contributed by atoms with E-state index < -0.39 is 11.7 Å². The van der Waals surface area contributed by atoms with Crippen LogP contribution in [0.2, 0.25) is 0 Å². The van der Waals surface area contributed by atoms with Crippen LogP contribution >= 0.6 is 0 Å². The van der Waals surface area contributed by atoms with Gasteiger partial charge in [-0.2, -0.15) is 13.2 Å². The maximum absolute atomic E-state index is 12.4. The fourth-order valence-corrected chi connectivity index (χ4v) is 1.60. The van der Waals surface area contributed by atoms with Crippen LogP contribution in [-0.2, 0) is 17.5 Å². The van der Waals surface area contributed by atoms with E-state index in [9.17, 15) is 18.0 Å². The molecule has 3 N–H and O–H groups in total. The Hall–Kier alpha value is -1.56. The molecule has 0 saturated heterocycles. The number of alkyl halides is 3. The monoisotopic (exact) mass is 288 g/mol. The van der Waals surface area contributed by atoms with Crippen LogP contribution in [-0.4, -0.2) is 12.5 Å². The lowest BCUT2D eigenvalue weighted by Gasteiger charge is -2.10. The standard InChI is InChI=1S/C14H19F3N2O/c1-10(8-18)2-7-13(20)19-9-11-3-5-12(6-4-11)14(15,16)17/h3-6,10H,2,7-9,18H2,1H3,(H,19,20). The number of halogens is 3. The van der Waals surface area contributed by atoms with Gasteiger partial charge < -0.3 is 11.1 Å². The maximum atomic E-state index is 12.4. The summed E-state index contributed by atoms with van der Waals surface area (Å²) in [7, 11) is 0. The van der Waals surface area contributed by atoms with Gasteiger partial charge >= 0.3 is 6.18 Å². The minimum atomic E-state index is -4.33. The van der Waals surface area contributed by atoms with E-state index in [0.29, 0.717) is 24.9 Å². The first-order chi connectivity index (χ1) is 9.32. The second-order valence-electron chi connectivity index (χ2n) is 4.85. The predicted molar refractivity (Wildman–Crippen MR) is 70.7 cm³/mol. The van der Waals surface area contributed by atoms with E-state index in [0.717, 1.165) is 12.1 Å². The number of carbonyl (C=O) groups excluding carboxylic acids is 1. The van der Waals surface area contributed by atoms with Crippen molar-refractivity contribution in [3.05, 3.63) is 35.4 Å². The van der Waals surface area contributed by atoms with Gasteiger partial charge in [-0.05, 0) is 36.6 Å². The van der Waals surface area contributed by atoms with Crippen molar-refractivity contribution in [3.8, 4) is 0 Å². The van der Waals surface area contributed by atoms with Crippen molar-refractivity contribution in [3.63, 3.8) is 0 Å². The minimum Gasteiger partial charge on any atom is -0.352 e. The predicted octanol–water partition coefficient (Wildman–Crippen LogP) is 2.70. The molecular weight excluding hydrogens is 269 g/mol. The molecule has 1 amide bonds. The minimum absolute atomic E-state index is 0.120. The SMILES string of the molecule is CC(CN)CCC(=O)NCc1ccc(C(F)(F)F)cc1. The zero-order valence-electron chi connectivity index (χ0n) is 11.3. The highest BCUT2D eigenvalue weighted by atomic mass is 19.4. The van der Waals surface area contributed by atoms with E-state index in [2.05, 4.69) is 5.32 Å². The molecular formula is C14H19F3N2O. The van der Waals surface area contributed by atoms with Crippen molar-refractivity contribution in [1.82, 2.24) is 5.32 Å². The molecule has 1 unspecified atom stereocenters. The quantitative estimate of drug-likeness (QED) is 0.845. The molecule has 6 heteroatoms. The number of nitrogens with two attached hydrogens (primary N) is 1. The van der Waals surface area contributed by atoms with E-state index in [1.54, 1.807) is 0 Å². The molecule has 20 heavy (non-hydrogen) atoms. The summed E-state index contributed by atoms with van der Waals surface area (Å²) in [5.74, 6) is 0.164. The second-order valence-corrected chi connectivity index (χ2v) is 4.85. The van der Waals surface area contributed by atoms with Crippen LogP contribution in [0.5, 0.6) is 0 Å². The molecule has 0 heterocycles. The number of hydrogen-bond donors (Lipinski definition) is 2. The lowest BCUT2D eigenvalue weighted by Crippen LogP contribution is -2.24. The first-order valence-electron chi connectivity index (χ1n) is 6.46. The van der Waals surface area contributed by atoms with Crippen LogP contribution < -0.4 is 11.1 Å². The fourth-order valence-electron chi connectivity index (χ4n) is 1.60. The Bertz CT molecular complexity index is 429. The van der Waals surface area contributed by atoms with Crippen LogP contribution in [0.4, 0.5) is 13.2 Å². The van der Waals surface area contributed by atoms with Crippen molar-refractivity contribution in [1.29, 1.82) is 0 Å². The third kappa shape index (κ3) is 5.61. The lowest BCUT2D eigenvalue weighted by molar-refractivity contribution is -0.137. The van der Waals surface area contributed by atoms with Gasteiger partial charge in [0.1, 0.15) is 0 Å². The van der Waals surface area contributed by atoms with Gasteiger partial charge in [0.2, 0.25) is 5.91 Å². The molecule has 0 saturated carbocycles. The summed E-state index contributed by atoms with van der Waals surface area (Å²) in [5.41, 5.74) is 5.40.